The molecule has 2 heterocycles. The molecule has 0 amide bonds. The van der Waals surface area contributed by atoms with Gasteiger partial charge in [-0.25, -0.2) is 9.67 Å². The minimum absolute atomic E-state index is 0.236. The van der Waals surface area contributed by atoms with Crippen LogP contribution in [0.2, 0.25) is 5.02 Å². The van der Waals surface area contributed by atoms with Crippen LogP contribution in [0.5, 0.6) is 0 Å². The third-order valence-electron chi connectivity index (χ3n) is 4.47. The van der Waals surface area contributed by atoms with E-state index in [9.17, 15) is 9.18 Å². The van der Waals surface area contributed by atoms with Crippen LogP contribution in [-0.4, -0.2) is 21.8 Å². The van der Waals surface area contributed by atoms with E-state index in [1.165, 1.54) is 4.68 Å². The molecule has 0 aliphatic heterocycles. The molecule has 0 radical (unpaired) electrons. The van der Waals surface area contributed by atoms with Crippen LogP contribution in [0.3, 0.4) is 0 Å². The fourth-order valence-electron chi connectivity index (χ4n) is 3.05. The predicted octanol–water partition coefficient (Wildman–Crippen LogP) is 4.34. The monoisotopic (exact) mass is 394 g/mol. The van der Waals surface area contributed by atoms with Gasteiger partial charge in [-0.3, -0.25) is 4.79 Å². The fourth-order valence-corrected chi connectivity index (χ4v) is 3.18. The van der Waals surface area contributed by atoms with E-state index in [4.69, 9.17) is 11.6 Å². The number of nitrogens with one attached hydrogen (secondary N) is 1. The van der Waals surface area contributed by atoms with E-state index in [1.54, 1.807) is 55.6 Å². The summed E-state index contributed by atoms with van der Waals surface area (Å²) >= 11 is 5.93. The van der Waals surface area contributed by atoms with Gasteiger partial charge >= 0.3 is 0 Å². The SMILES string of the molecule is CNc1ccc(-c2nn(Cc3ccc(Cl)cc3)c(=O)c3ccccc23)c(F)n1. The highest BCUT2D eigenvalue weighted by Crippen LogP contribution is 2.27. The molecule has 2 aromatic heterocycles. The number of halogens is 2. The maximum Gasteiger partial charge on any atom is 0.274 e. The Balaban J connectivity index is 1.92. The Morgan fingerprint density at radius 1 is 1.04 bits per heavy atom. The third-order valence-corrected chi connectivity index (χ3v) is 4.73. The summed E-state index contributed by atoms with van der Waals surface area (Å²) in [6.45, 7) is 0.248. The molecule has 0 saturated carbocycles. The molecule has 0 aliphatic carbocycles. The van der Waals surface area contributed by atoms with Gasteiger partial charge in [-0.05, 0) is 35.9 Å². The minimum Gasteiger partial charge on any atom is -0.373 e. The minimum atomic E-state index is -0.652. The quantitative estimate of drug-likeness (QED) is 0.523. The lowest BCUT2D eigenvalue weighted by Crippen LogP contribution is -2.24. The molecule has 2 aromatic carbocycles. The van der Waals surface area contributed by atoms with Crippen molar-refractivity contribution in [1.82, 2.24) is 14.8 Å². The molecule has 0 saturated heterocycles. The number of nitrogens with zero attached hydrogens (tertiary/aromatic N) is 3. The molecule has 0 spiro atoms. The summed E-state index contributed by atoms with van der Waals surface area (Å²) in [6, 6.07) is 17.5. The predicted molar refractivity (Wildman–Crippen MR) is 109 cm³/mol. The van der Waals surface area contributed by atoms with Gasteiger partial charge in [0.25, 0.3) is 5.56 Å². The molecule has 0 fully saturated rings. The van der Waals surface area contributed by atoms with Crippen LogP contribution in [0.15, 0.2) is 65.5 Å². The van der Waals surface area contributed by atoms with Crippen LogP contribution in [-0.2, 0) is 6.54 Å². The maximum absolute atomic E-state index is 14.7. The summed E-state index contributed by atoms with van der Waals surface area (Å²) in [5, 5.41) is 8.94. The molecular formula is C21H16ClFN4O. The zero-order valence-electron chi connectivity index (χ0n) is 15.0. The van der Waals surface area contributed by atoms with Gasteiger partial charge in [-0.15, -0.1) is 0 Å². The smallest absolute Gasteiger partial charge is 0.274 e. The van der Waals surface area contributed by atoms with Gasteiger partial charge in [0.1, 0.15) is 11.5 Å². The van der Waals surface area contributed by atoms with E-state index in [1.807, 2.05) is 12.1 Å². The summed E-state index contributed by atoms with van der Waals surface area (Å²) < 4.78 is 16.0. The van der Waals surface area contributed by atoms with Crippen LogP contribution in [0, 0.1) is 5.95 Å². The Hall–Kier alpha value is -3.25. The van der Waals surface area contributed by atoms with Crippen molar-refractivity contribution in [3.8, 4) is 11.3 Å². The molecule has 140 valence electrons. The number of pyridine rings is 1. The van der Waals surface area contributed by atoms with Gasteiger partial charge in [0.05, 0.1) is 17.5 Å². The first-order valence-corrected chi connectivity index (χ1v) is 9.03. The number of aromatic nitrogens is 3. The number of rotatable bonds is 4. The van der Waals surface area contributed by atoms with E-state index < -0.39 is 5.95 Å². The van der Waals surface area contributed by atoms with Crippen molar-refractivity contribution < 1.29 is 4.39 Å². The lowest BCUT2D eigenvalue weighted by molar-refractivity contribution is 0.586. The van der Waals surface area contributed by atoms with Crippen molar-refractivity contribution in [2.75, 3.05) is 12.4 Å². The van der Waals surface area contributed by atoms with E-state index in [-0.39, 0.29) is 17.7 Å². The highest BCUT2D eigenvalue weighted by atomic mass is 35.5. The Morgan fingerprint density at radius 3 is 2.43 bits per heavy atom. The fraction of sp³-hybridized carbons (Fsp3) is 0.0952. The summed E-state index contributed by atoms with van der Waals surface area (Å²) in [6.07, 6.45) is 0. The van der Waals surface area contributed by atoms with E-state index in [2.05, 4.69) is 15.4 Å². The Labute approximate surface area is 165 Å². The zero-order chi connectivity index (χ0) is 19.7. The van der Waals surface area contributed by atoms with Crippen molar-refractivity contribution in [2.24, 2.45) is 0 Å². The van der Waals surface area contributed by atoms with Crippen molar-refractivity contribution >= 4 is 28.2 Å². The number of hydrogen-bond donors (Lipinski definition) is 1. The highest BCUT2D eigenvalue weighted by molar-refractivity contribution is 6.30. The third kappa shape index (κ3) is 3.34. The Bertz CT molecular complexity index is 1220. The van der Waals surface area contributed by atoms with Gasteiger partial charge < -0.3 is 5.32 Å². The van der Waals surface area contributed by atoms with Crippen LogP contribution < -0.4 is 10.9 Å². The van der Waals surface area contributed by atoms with Crippen molar-refractivity contribution in [2.45, 2.75) is 6.54 Å². The molecule has 0 bridgehead atoms. The average Bonchev–Trinajstić information content (AvgIpc) is 2.72. The number of fused-ring (bicyclic) bond motifs is 1. The van der Waals surface area contributed by atoms with Crippen molar-refractivity contribution in [1.29, 1.82) is 0 Å². The van der Waals surface area contributed by atoms with Crippen LogP contribution in [0.1, 0.15) is 5.56 Å². The lowest BCUT2D eigenvalue weighted by Gasteiger charge is -2.12. The second-order valence-electron chi connectivity index (χ2n) is 6.27. The van der Waals surface area contributed by atoms with E-state index >= 15 is 0 Å². The molecule has 0 aliphatic rings. The van der Waals surface area contributed by atoms with E-state index in [0.717, 1.165) is 5.56 Å². The van der Waals surface area contributed by atoms with Gasteiger partial charge in [-0.2, -0.15) is 9.49 Å². The largest absolute Gasteiger partial charge is 0.373 e. The molecule has 1 N–H and O–H groups in total. The van der Waals surface area contributed by atoms with E-state index in [0.29, 0.717) is 27.3 Å². The summed E-state index contributed by atoms with van der Waals surface area (Å²) in [5.41, 5.74) is 1.23. The average molecular weight is 395 g/mol. The van der Waals surface area contributed by atoms with Gasteiger partial charge in [0.15, 0.2) is 0 Å². The molecule has 0 unspecified atom stereocenters. The zero-order valence-corrected chi connectivity index (χ0v) is 15.7. The molecular weight excluding hydrogens is 379 g/mol. The molecule has 4 rings (SSSR count). The van der Waals surface area contributed by atoms with Crippen LogP contribution >= 0.6 is 11.6 Å². The molecule has 5 nitrogen and oxygen atoms in total. The molecule has 28 heavy (non-hydrogen) atoms. The first-order chi connectivity index (χ1) is 13.6. The van der Waals surface area contributed by atoms with Crippen molar-refractivity contribution in [3.63, 3.8) is 0 Å². The van der Waals surface area contributed by atoms with Crippen LogP contribution in [0.25, 0.3) is 22.0 Å². The maximum atomic E-state index is 14.7. The van der Waals surface area contributed by atoms with Crippen LogP contribution in [0.4, 0.5) is 10.2 Å². The number of anilines is 1. The first kappa shape index (κ1) is 18.1. The number of hydrogen-bond acceptors (Lipinski definition) is 4. The lowest BCUT2D eigenvalue weighted by atomic mass is 10.1. The van der Waals surface area contributed by atoms with Crippen molar-refractivity contribution in [3.05, 3.63) is 87.6 Å². The topological polar surface area (TPSA) is 59.8 Å². The summed E-state index contributed by atoms with van der Waals surface area (Å²) in [4.78, 5) is 16.8. The van der Waals surface area contributed by atoms with Gasteiger partial charge in [0.2, 0.25) is 5.95 Å². The summed E-state index contributed by atoms with van der Waals surface area (Å²) in [7, 11) is 1.67. The number of benzene rings is 2. The Morgan fingerprint density at radius 2 is 1.75 bits per heavy atom. The molecule has 4 aromatic rings. The standard InChI is InChI=1S/C21H16ClFN4O/c1-24-18-11-10-17(20(23)25-18)19-15-4-2-3-5-16(15)21(28)27(26-19)12-13-6-8-14(22)9-7-13/h2-11H,12H2,1H3,(H,24,25). The summed E-state index contributed by atoms with van der Waals surface area (Å²) in [5.74, 6) is -0.235. The molecule has 0 atom stereocenters. The van der Waals surface area contributed by atoms with Gasteiger partial charge in [-0.1, -0.05) is 41.9 Å². The second-order valence-corrected chi connectivity index (χ2v) is 6.70. The normalized spacial score (nSPS) is 11.0. The highest BCUT2D eigenvalue weighted by Gasteiger charge is 2.16. The first-order valence-electron chi connectivity index (χ1n) is 8.66. The van der Waals surface area contributed by atoms with Gasteiger partial charge in [0, 0.05) is 17.5 Å². The molecule has 7 heteroatoms. The second kappa shape index (κ2) is 7.40. The Kier molecular flexibility index (Phi) is 4.79.